The molecule has 1 heterocycles. The van der Waals surface area contributed by atoms with Gasteiger partial charge in [0.25, 0.3) is 0 Å². The number of nitrogens with one attached hydrogen (secondary N) is 2. The van der Waals surface area contributed by atoms with Gasteiger partial charge in [0.2, 0.25) is 0 Å². The van der Waals surface area contributed by atoms with Gasteiger partial charge in [-0.05, 0) is 6.42 Å². The summed E-state index contributed by atoms with van der Waals surface area (Å²) in [6.45, 7) is 7.80. The molecular formula is C14H26N4O2. The van der Waals surface area contributed by atoms with Crippen molar-refractivity contribution >= 4 is 11.6 Å². The summed E-state index contributed by atoms with van der Waals surface area (Å²) in [5.41, 5.74) is 0. The van der Waals surface area contributed by atoms with Crippen molar-refractivity contribution in [1.82, 2.24) is 9.97 Å². The number of nitrogens with zero attached hydrogens (tertiary/aromatic N) is 2. The van der Waals surface area contributed by atoms with Crippen molar-refractivity contribution in [2.24, 2.45) is 0 Å². The molecule has 20 heavy (non-hydrogen) atoms. The van der Waals surface area contributed by atoms with Crippen molar-refractivity contribution in [3.8, 4) is 0 Å². The molecule has 114 valence electrons. The molecule has 0 saturated carbocycles. The highest BCUT2D eigenvalue weighted by Crippen LogP contribution is 2.17. The second-order valence-electron chi connectivity index (χ2n) is 5.07. The lowest BCUT2D eigenvalue weighted by atomic mass is 10.2. The number of hydrogen-bond donors (Lipinski definition) is 3. The molecule has 0 bridgehead atoms. The summed E-state index contributed by atoms with van der Waals surface area (Å²) in [4.78, 5) is 8.94. The predicted molar refractivity (Wildman–Crippen MR) is 81.3 cm³/mol. The molecule has 0 radical (unpaired) electrons. The first kappa shape index (κ1) is 16.7. The number of aliphatic hydroxyl groups is 1. The van der Waals surface area contributed by atoms with Crippen molar-refractivity contribution in [1.29, 1.82) is 0 Å². The van der Waals surface area contributed by atoms with Crippen LogP contribution in [0.2, 0.25) is 0 Å². The summed E-state index contributed by atoms with van der Waals surface area (Å²) < 4.78 is 4.90. The number of methoxy groups -OCH3 is 1. The smallest absolute Gasteiger partial charge is 0.135 e. The van der Waals surface area contributed by atoms with Gasteiger partial charge in [-0.25, -0.2) is 9.97 Å². The predicted octanol–water partition coefficient (Wildman–Crippen LogP) is 1.84. The minimum absolute atomic E-state index is 0.253. The Kier molecular flexibility index (Phi) is 7.25. The molecule has 1 aromatic rings. The summed E-state index contributed by atoms with van der Waals surface area (Å²) in [5.74, 6) is 2.57. The number of anilines is 2. The minimum Gasteiger partial charge on any atom is -0.389 e. The zero-order valence-corrected chi connectivity index (χ0v) is 12.8. The molecular weight excluding hydrogens is 256 g/mol. The molecule has 6 nitrogen and oxygen atoms in total. The Bertz CT molecular complexity index is 399. The van der Waals surface area contributed by atoms with Crippen molar-refractivity contribution in [3.63, 3.8) is 0 Å². The molecule has 0 amide bonds. The van der Waals surface area contributed by atoms with Crippen LogP contribution < -0.4 is 10.6 Å². The maximum atomic E-state index is 9.65. The fourth-order valence-electron chi connectivity index (χ4n) is 1.63. The van der Waals surface area contributed by atoms with Gasteiger partial charge in [-0.3, -0.25) is 0 Å². The highest BCUT2D eigenvalue weighted by Gasteiger charge is 2.09. The van der Waals surface area contributed by atoms with Crippen LogP contribution in [-0.4, -0.2) is 48.0 Å². The van der Waals surface area contributed by atoms with E-state index in [4.69, 9.17) is 4.74 Å². The number of ether oxygens (including phenoxy) is 1. The van der Waals surface area contributed by atoms with E-state index in [1.807, 2.05) is 6.07 Å². The van der Waals surface area contributed by atoms with Crippen molar-refractivity contribution in [3.05, 3.63) is 11.9 Å². The third-order valence-electron chi connectivity index (χ3n) is 2.69. The van der Waals surface area contributed by atoms with Crippen LogP contribution in [0.15, 0.2) is 6.07 Å². The van der Waals surface area contributed by atoms with Crippen molar-refractivity contribution in [2.45, 2.75) is 39.2 Å². The van der Waals surface area contributed by atoms with Gasteiger partial charge >= 0.3 is 0 Å². The maximum Gasteiger partial charge on any atom is 0.135 e. The van der Waals surface area contributed by atoms with Crippen LogP contribution in [0.1, 0.15) is 38.9 Å². The third-order valence-corrected chi connectivity index (χ3v) is 2.69. The molecule has 1 rings (SSSR count). The number of aliphatic hydroxyl groups excluding tert-OH is 1. The first-order valence-electron chi connectivity index (χ1n) is 7.10. The van der Waals surface area contributed by atoms with Crippen molar-refractivity contribution in [2.75, 3.05) is 37.4 Å². The monoisotopic (exact) mass is 282 g/mol. The Morgan fingerprint density at radius 3 is 2.45 bits per heavy atom. The van der Waals surface area contributed by atoms with Crippen LogP contribution in [0.5, 0.6) is 0 Å². The van der Waals surface area contributed by atoms with Gasteiger partial charge < -0.3 is 20.5 Å². The fourth-order valence-corrected chi connectivity index (χ4v) is 1.63. The Labute approximate surface area is 121 Å². The average molecular weight is 282 g/mol. The SMILES string of the molecule is CCCNc1cc(NCC(O)COC)nc(C(C)C)n1. The normalized spacial score (nSPS) is 12.5. The average Bonchev–Trinajstić information content (AvgIpc) is 2.43. The van der Waals surface area contributed by atoms with Gasteiger partial charge in [0.15, 0.2) is 0 Å². The molecule has 1 aromatic heterocycles. The summed E-state index contributed by atoms with van der Waals surface area (Å²) >= 11 is 0. The van der Waals surface area contributed by atoms with Gasteiger partial charge in [-0.15, -0.1) is 0 Å². The second-order valence-corrected chi connectivity index (χ2v) is 5.07. The van der Waals surface area contributed by atoms with E-state index in [0.717, 1.165) is 30.4 Å². The lowest BCUT2D eigenvalue weighted by Crippen LogP contribution is -2.24. The van der Waals surface area contributed by atoms with Crippen LogP contribution in [0.4, 0.5) is 11.6 Å². The summed E-state index contributed by atoms with van der Waals surface area (Å²) in [5, 5.41) is 16.0. The van der Waals surface area contributed by atoms with Gasteiger partial charge in [-0.2, -0.15) is 0 Å². The van der Waals surface area contributed by atoms with E-state index < -0.39 is 6.10 Å². The van der Waals surface area contributed by atoms with E-state index >= 15 is 0 Å². The number of rotatable bonds is 9. The molecule has 1 unspecified atom stereocenters. The van der Waals surface area contributed by atoms with Crippen LogP contribution in [0.25, 0.3) is 0 Å². The molecule has 0 aliphatic carbocycles. The van der Waals surface area contributed by atoms with E-state index in [9.17, 15) is 5.11 Å². The molecule has 3 N–H and O–H groups in total. The molecule has 6 heteroatoms. The Morgan fingerprint density at radius 1 is 1.25 bits per heavy atom. The summed E-state index contributed by atoms with van der Waals surface area (Å²) in [7, 11) is 1.57. The third kappa shape index (κ3) is 5.71. The number of aromatic nitrogens is 2. The van der Waals surface area contributed by atoms with Crippen LogP contribution in [-0.2, 0) is 4.74 Å². The van der Waals surface area contributed by atoms with E-state index in [1.165, 1.54) is 0 Å². The Morgan fingerprint density at radius 2 is 1.90 bits per heavy atom. The minimum atomic E-state index is -0.551. The van der Waals surface area contributed by atoms with Gasteiger partial charge in [-0.1, -0.05) is 20.8 Å². The van der Waals surface area contributed by atoms with Gasteiger partial charge in [0.05, 0.1) is 12.7 Å². The fraction of sp³-hybridized carbons (Fsp3) is 0.714. The Hall–Kier alpha value is -1.40. The van der Waals surface area contributed by atoms with Gasteiger partial charge in [0.1, 0.15) is 17.5 Å². The van der Waals surface area contributed by atoms with Crippen LogP contribution >= 0.6 is 0 Å². The van der Waals surface area contributed by atoms with E-state index in [-0.39, 0.29) is 5.92 Å². The number of hydrogen-bond acceptors (Lipinski definition) is 6. The van der Waals surface area contributed by atoms with Crippen LogP contribution in [0, 0.1) is 0 Å². The maximum absolute atomic E-state index is 9.65. The largest absolute Gasteiger partial charge is 0.389 e. The highest BCUT2D eigenvalue weighted by molar-refractivity contribution is 5.47. The zero-order chi connectivity index (χ0) is 15.0. The molecule has 0 aliphatic rings. The molecule has 0 spiro atoms. The second kappa shape index (κ2) is 8.71. The van der Waals surface area contributed by atoms with E-state index in [2.05, 4.69) is 41.4 Å². The van der Waals surface area contributed by atoms with Crippen molar-refractivity contribution < 1.29 is 9.84 Å². The van der Waals surface area contributed by atoms with E-state index in [1.54, 1.807) is 7.11 Å². The zero-order valence-electron chi connectivity index (χ0n) is 12.8. The molecule has 0 fully saturated rings. The molecule has 1 atom stereocenters. The first-order valence-corrected chi connectivity index (χ1v) is 7.10. The highest BCUT2D eigenvalue weighted by atomic mass is 16.5. The topological polar surface area (TPSA) is 79.3 Å². The van der Waals surface area contributed by atoms with Gasteiger partial charge in [0, 0.05) is 32.2 Å². The summed E-state index contributed by atoms with van der Waals surface area (Å²) in [6.07, 6.45) is 0.487. The molecule has 0 saturated heterocycles. The molecule has 0 aromatic carbocycles. The lowest BCUT2D eigenvalue weighted by Gasteiger charge is -2.14. The van der Waals surface area contributed by atoms with E-state index in [0.29, 0.717) is 13.2 Å². The summed E-state index contributed by atoms with van der Waals surface area (Å²) in [6, 6.07) is 1.86. The van der Waals surface area contributed by atoms with Crippen LogP contribution in [0.3, 0.4) is 0 Å². The lowest BCUT2D eigenvalue weighted by molar-refractivity contribution is 0.0727. The first-order chi connectivity index (χ1) is 9.56. The quantitative estimate of drug-likeness (QED) is 0.641. The molecule has 0 aliphatic heterocycles. The standard InChI is InChI=1S/C14H26N4O2/c1-5-6-15-12-7-13(16-8-11(19)9-20-4)18-14(17-12)10(2)3/h7,10-11,19H,5-6,8-9H2,1-4H3,(H2,15,16,17,18). The Balaban J connectivity index is 2.74.